The average Bonchev–Trinajstić information content (AvgIpc) is 2.93. The third kappa shape index (κ3) is 2.51. The van der Waals surface area contributed by atoms with Gasteiger partial charge in [0.1, 0.15) is 0 Å². The Balaban J connectivity index is 1.84. The number of nitrogens with two attached hydrogens (primary N) is 1. The lowest BCUT2D eigenvalue weighted by molar-refractivity contribution is -0.122. The number of hydrogen-bond donors (Lipinski definition) is 1. The number of hydrogen-bond acceptors (Lipinski definition) is 2. The zero-order valence-electron chi connectivity index (χ0n) is 12.3. The van der Waals surface area contributed by atoms with Crippen LogP contribution in [0.15, 0.2) is 48.5 Å². The summed E-state index contributed by atoms with van der Waals surface area (Å²) in [6.45, 7) is 2.63. The molecule has 0 radical (unpaired) electrons. The van der Waals surface area contributed by atoms with Crippen LogP contribution in [0.4, 0.5) is 11.4 Å². The maximum atomic E-state index is 12.9. The molecule has 0 spiro atoms. The van der Waals surface area contributed by atoms with Gasteiger partial charge in [-0.3, -0.25) is 4.79 Å². The van der Waals surface area contributed by atoms with Gasteiger partial charge >= 0.3 is 0 Å². The van der Waals surface area contributed by atoms with E-state index in [-0.39, 0.29) is 11.8 Å². The number of benzene rings is 2. The molecule has 1 amide bonds. The molecule has 2 N–H and O–H groups in total. The molecule has 0 unspecified atom stereocenters. The number of rotatable bonds is 3. The van der Waals surface area contributed by atoms with Crippen molar-refractivity contribution in [1.29, 1.82) is 0 Å². The van der Waals surface area contributed by atoms with Gasteiger partial charge in [-0.25, -0.2) is 0 Å². The van der Waals surface area contributed by atoms with Crippen LogP contribution in [-0.4, -0.2) is 12.5 Å². The summed E-state index contributed by atoms with van der Waals surface area (Å²) in [5.41, 5.74) is 10.1. The molecule has 0 saturated heterocycles. The van der Waals surface area contributed by atoms with E-state index in [4.69, 9.17) is 5.73 Å². The smallest absolute Gasteiger partial charge is 0.230 e. The molecule has 0 aliphatic heterocycles. The van der Waals surface area contributed by atoms with Gasteiger partial charge in [0.05, 0.1) is 11.4 Å². The van der Waals surface area contributed by atoms with E-state index in [1.54, 1.807) is 0 Å². The Labute approximate surface area is 125 Å². The molecule has 108 valence electrons. The van der Waals surface area contributed by atoms with Gasteiger partial charge in [0.15, 0.2) is 0 Å². The summed E-state index contributed by atoms with van der Waals surface area (Å²) >= 11 is 0. The summed E-state index contributed by atoms with van der Waals surface area (Å²) in [7, 11) is 0. The molecule has 3 nitrogen and oxygen atoms in total. The normalized spacial score (nSPS) is 14.0. The van der Waals surface area contributed by atoms with Gasteiger partial charge in [-0.2, -0.15) is 0 Å². The van der Waals surface area contributed by atoms with E-state index in [0.29, 0.717) is 12.2 Å². The Morgan fingerprint density at radius 2 is 1.67 bits per heavy atom. The molecule has 0 heterocycles. The number of amides is 1. The topological polar surface area (TPSA) is 46.3 Å². The summed E-state index contributed by atoms with van der Waals surface area (Å²) in [6.07, 6.45) is 1.66. The van der Waals surface area contributed by atoms with E-state index in [0.717, 1.165) is 18.5 Å². The highest BCUT2D eigenvalue weighted by Gasteiger charge is 2.30. The van der Waals surface area contributed by atoms with Gasteiger partial charge in [-0.1, -0.05) is 36.4 Å². The number of nitrogens with zero attached hydrogens (tertiary/aromatic N) is 1. The van der Waals surface area contributed by atoms with Crippen molar-refractivity contribution < 1.29 is 4.79 Å². The van der Waals surface area contributed by atoms with Gasteiger partial charge in [0, 0.05) is 12.5 Å². The number of anilines is 2. The van der Waals surface area contributed by atoms with Crippen molar-refractivity contribution in [2.45, 2.75) is 19.8 Å². The number of carbonyl (C=O) groups is 1. The molecule has 3 rings (SSSR count). The SMILES string of the molecule is CCN(C(=O)C1Cc2ccccc2C1)c1ccccc1N. The van der Waals surface area contributed by atoms with Crippen LogP contribution in [0.1, 0.15) is 18.1 Å². The maximum absolute atomic E-state index is 12.9. The molecule has 0 fully saturated rings. The highest BCUT2D eigenvalue weighted by molar-refractivity contribution is 5.98. The standard InChI is InChI=1S/C18H20N2O/c1-2-20(17-10-6-5-9-16(17)19)18(21)15-11-13-7-3-4-8-14(13)12-15/h3-10,15H,2,11-12,19H2,1H3. The number of para-hydroxylation sites is 2. The van der Waals surface area contributed by atoms with E-state index in [9.17, 15) is 4.79 Å². The zero-order valence-corrected chi connectivity index (χ0v) is 12.3. The molecule has 1 aliphatic carbocycles. The lowest BCUT2D eigenvalue weighted by atomic mass is 10.0. The van der Waals surface area contributed by atoms with E-state index < -0.39 is 0 Å². The molecule has 1 aliphatic rings. The summed E-state index contributed by atoms with van der Waals surface area (Å²) in [5.74, 6) is 0.202. The van der Waals surface area contributed by atoms with Crippen LogP contribution in [0, 0.1) is 5.92 Å². The van der Waals surface area contributed by atoms with Crippen LogP contribution >= 0.6 is 0 Å². The number of fused-ring (bicyclic) bond motifs is 1. The fourth-order valence-electron chi connectivity index (χ4n) is 3.13. The third-order valence-corrected chi connectivity index (χ3v) is 4.21. The van der Waals surface area contributed by atoms with Crippen molar-refractivity contribution in [3.63, 3.8) is 0 Å². The molecule has 0 saturated carbocycles. The third-order valence-electron chi connectivity index (χ3n) is 4.21. The number of nitrogen functional groups attached to an aromatic ring is 1. The van der Waals surface area contributed by atoms with Crippen LogP contribution < -0.4 is 10.6 Å². The monoisotopic (exact) mass is 280 g/mol. The zero-order chi connectivity index (χ0) is 14.8. The second-order valence-electron chi connectivity index (χ2n) is 5.52. The molecule has 0 aromatic heterocycles. The van der Waals surface area contributed by atoms with Crippen molar-refractivity contribution >= 4 is 17.3 Å². The Morgan fingerprint density at radius 1 is 1.10 bits per heavy atom. The van der Waals surface area contributed by atoms with Gasteiger partial charge in [0.25, 0.3) is 0 Å². The Bertz CT molecular complexity index is 641. The first kappa shape index (κ1) is 13.7. The molecule has 0 atom stereocenters. The lowest BCUT2D eigenvalue weighted by Gasteiger charge is -2.25. The summed E-state index contributed by atoms with van der Waals surface area (Å²) in [6, 6.07) is 15.9. The van der Waals surface area contributed by atoms with Gasteiger partial charge in [-0.15, -0.1) is 0 Å². The highest BCUT2D eigenvalue weighted by atomic mass is 16.2. The molecule has 3 heteroatoms. The van der Waals surface area contributed by atoms with Gasteiger partial charge < -0.3 is 10.6 Å². The predicted molar refractivity (Wildman–Crippen MR) is 86.2 cm³/mol. The largest absolute Gasteiger partial charge is 0.397 e. The second-order valence-corrected chi connectivity index (χ2v) is 5.52. The molecule has 0 bridgehead atoms. The molecular formula is C18H20N2O. The molecule has 2 aromatic carbocycles. The van der Waals surface area contributed by atoms with Crippen LogP contribution in [0.3, 0.4) is 0 Å². The minimum absolute atomic E-state index is 0.0296. The van der Waals surface area contributed by atoms with Gasteiger partial charge in [0.2, 0.25) is 5.91 Å². The maximum Gasteiger partial charge on any atom is 0.230 e. The van der Waals surface area contributed by atoms with Crippen molar-refractivity contribution in [3.05, 3.63) is 59.7 Å². The fraction of sp³-hybridized carbons (Fsp3) is 0.278. The first-order chi connectivity index (χ1) is 10.2. The molecule has 2 aromatic rings. The fourth-order valence-corrected chi connectivity index (χ4v) is 3.13. The van der Waals surface area contributed by atoms with E-state index in [1.165, 1.54) is 11.1 Å². The summed E-state index contributed by atoms with van der Waals surface area (Å²) < 4.78 is 0. The second kappa shape index (κ2) is 5.60. The minimum atomic E-state index is 0.0296. The van der Waals surface area contributed by atoms with Gasteiger partial charge in [-0.05, 0) is 43.0 Å². The van der Waals surface area contributed by atoms with Crippen molar-refractivity contribution in [2.24, 2.45) is 5.92 Å². The Hall–Kier alpha value is -2.29. The van der Waals surface area contributed by atoms with Crippen LogP contribution in [0.25, 0.3) is 0 Å². The first-order valence-corrected chi connectivity index (χ1v) is 7.43. The highest BCUT2D eigenvalue weighted by Crippen LogP contribution is 2.30. The summed E-state index contributed by atoms with van der Waals surface area (Å²) in [5, 5.41) is 0. The lowest BCUT2D eigenvalue weighted by Crippen LogP contribution is -2.37. The number of carbonyl (C=O) groups excluding carboxylic acids is 1. The van der Waals surface area contributed by atoms with Crippen molar-refractivity contribution in [2.75, 3.05) is 17.2 Å². The van der Waals surface area contributed by atoms with Crippen molar-refractivity contribution in [1.82, 2.24) is 0 Å². The van der Waals surface area contributed by atoms with E-state index >= 15 is 0 Å². The minimum Gasteiger partial charge on any atom is -0.397 e. The predicted octanol–water partition coefficient (Wildman–Crippen LogP) is 3.04. The Kier molecular flexibility index (Phi) is 3.65. The quantitative estimate of drug-likeness (QED) is 0.878. The van der Waals surface area contributed by atoms with Crippen LogP contribution in [0.2, 0.25) is 0 Å². The van der Waals surface area contributed by atoms with E-state index in [2.05, 4.69) is 12.1 Å². The first-order valence-electron chi connectivity index (χ1n) is 7.43. The molecular weight excluding hydrogens is 260 g/mol. The van der Waals surface area contributed by atoms with Crippen LogP contribution in [0.5, 0.6) is 0 Å². The van der Waals surface area contributed by atoms with Crippen LogP contribution in [-0.2, 0) is 17.6 Å². The van der Waals surface area contributed by atoms with E-state index in [1.807, 2.05) is 48.2 Å². The average molecular weight is 280 g/mol. The summed E-state index contributed by atoms with van der Waals surface area (Å²) in [4.78, 5) is 14.7. The Morgan fingerprint density at radius 3 is 2.24 bits per heavy atom. The molecule has 21 heavy (non-hydrogen) atoms. The van der Waals surface area contributed by atoms with Crippen molar-refractivity contribution in [3.8, 4) is 0 Å².